The molecule has 8 nitrogen and oxygen atoms in total. The molecule has 16 heteroatoms. The summed E-state index contributed by atoms with van der Waals surface area (Å²) in [7, 11) is -2.20. The van der Waals surface area contributed by atoms with Gasteiger partial charge >= 0.3 is 12.5 Å². The van der Waals surface area contributed by atoms with Gasteiger partial charge in [-0.3, -0.25) is 9.59 Å². The van der Waals surface area contributed by atoms with E-state index in [-0.39, 0.29) is 17.4 Å². The fourth-order valence-corrected chi connectivity index (χ4v) is 3.02. The Morgan fingerprint density at radius 3 is 2.13 bits per heavy atom. The predicted molar refractivity (Wildman–Crippen MR) is 117 cm³/mol. The fraction of sp³-hybridized carbons (Fsp3) is 0.174. The van der Waals surface area contributed by atoms with E-state index in [2.05, 4.69) is 19.8 Å². The number of aromatic nitrogens is 1. The van der Waals surface area contributed by atoms with Crippen LogP contribution >= 0.6 is 0 Å². The minimum atomic E-state index is -5.43. The second-order valence-corrected chi connectivity index (χ2v) is 7.22. The first-order valence-electron chi connectivity index (χ1n) is 11.6. The minimum Gasteiger partial charge on any atom is -0.490 e. The van der Waals surface area contributed by atoms with Gasteiger partial charge in [0.25, 0.3) is 11.8 Å². The summed E-state index contributed by atoms with van der Waals surface area (Å²) in [6, 6.07) is 3.56. The molecule has 1 heterocycles. The maximum absolute atomic E-state index is 15.1. The molecule has 2 N–H and O–H groups in total. The summed E-state index contributed by atoms with van der Waals surface area (Å²) in [5.41, 5.74) is -3.73. The molecule has 0 radical (unpaired) electrons. The van der Waals surface area contributed by atoms with Crippen LogP contribution in [0.2, 0.25) is 0 Å². The maximum Gasteiger partial charge on any atom is 0.573 e. The highest BCUT2D eigenvalue weighted by molar-refractivity contribution is 6.06. The number of carbonyl (C=O) groups is 2. The zero-order valence-corrected chi connectivity index (χ0v) is 19.1. The summed E-state index contributed by atoms with van der Waals surface area (Å²) < 4.78 is 143. The van der Waals surface area contributed by atoms with Gasteiger partial charge < -0.3 is 24.8 Å². The molecule has 1 aromatic heterocycles. The van der Waals surface area contributed by atoms with Gasteiger partial charge in [-0.05, 0) is 36.4 Å². The van der Waals surface area contributed by atoms with Crippen LogP contribution in [-0.2, 0) is 6.18 Å². The monoisotopic (exact) mass is 568 g/mol. The molecule has 0 unspecified atom stereocenters. The third-order valence-corrected chi connectivity index (χ3v) is 4.69. The lowest BCUT2D eigenvalue weighted by Gasteiger charge is -2.18. The van der Waals surface area contributed by atoms with Crippen molar-refractivity contribution in [1.82, 2.24) is 10.3 Å². The highest BCUT2D eigenvalue weighted by atomic mass is 19.4. The van der Waals surface area contributed by atoms with Crippen LogP contribution in [-0.4, -0.2) is 37.2 Å². The Bertz CT molecular complexity index is 1500. The lowest BCUT2D eigenvalue weighted by Crippen LogP contribution is -2.20. The lowest BCUT2D eigenvalue weighted by molar-refractivity contribution is -0.275. The van der Waals surface area contributed by atoms with Crippen molar-refractivity contribution in [3.8, 4) is 23.0 Å². The van der Waals surface area contributed by atoms with Crippen molar-refractivity contribution in [3.63, 3.8) is 0 Å². The Labute approximate surface area is 217 Å². The van der Waals surface area contributed by atoms with Gasteiger partial charge in [0.2, 0.25) is 11.6 Å². The molecular weight excluding hydrogens is 550 g/mol. The largest absolute Gasteiger partial charge is 0.573 e. The molecule has 208 valence electrons. The Morgan fingerprint density at radius 2 is 1.56 bits per heavy atom. The van der Waals surface area contributed by atoms with E-state index in [1.165, 1.54) is 7.05 Å². The van der Waals surface area contributed by atoms with Crippen LogP contribution < -0.4 is 24.8 Å². The van der Waals surface area contributed by atoms with Crippen molar-refractivity contribution in [1.29, 1.82) is 0 Å². The molecule has 0 bridgehead atoms. The average Bonchev–Trinajstić information content (AvgIpc) is 2.85. The zero-order chi connectivity index (χ0) is 31.6. The quantitative estimate of drug-likeness (QED) is 0.356. The van der Waals surface area contributed by atoms with E-state index in [4.69, 9.17) is 8.85 Å². The van der Waals surface area contributed by atoms with Crippen LogP contribution in [0.5, 0.6) is 23.0 Å². The van der Waals surface area contributed by atoms with Crippen molar-refractivity contribution in [3.05, 3.63) is 71.1 Å². The second-order valence-electron chi connectivity index (χ2n) is 7.22. The van der Waals surface area contributed by atoms with Gasteiger partial charge in [-0.15, -0.1) is 13.2 Å². The van der Waals surface area contributed by atoms with E-state index in [0.29, 0.717) is 18.2 Å². The van der Waals surface area contributed by atoms with E-state index in [0.717, 1.165) is 18.3 Å². The Kier molecular flexibility index (Phi) is 6.97. The highest BCUT2D eigenvalue weighted by Gasteiger charge is 2.38. The standard InChI is InChI=1S/C23H15F8N3O5/c1-32-20(35)12-5-3-10(9-33-12)34-21(36)16-13(6-4-11(17(16)24)22(26,27)28)38-15-8-7-14(39-23(29,30)31)18(25)19(15)37-2/h3-9H,1-2H3,(H,32,35)(H,34,36)/i2D3. The molecule has 0 fully saturated rings. The van der Waals surface area contributed by atoms with Gasteiger partial charge in [0.15, 0.2) is 17.3 Å². The number of nitrogens with one attached hydrogen (secondary N) is 2. The fourth-order valence-electron chi connectivity index (χ4n) is 3.02. The number of carbonyl (C=O) groups excluding carboxylic acids is 2. The summed E-state index contributed by atoms with van der Waals surface area (Å²) in [6.45, 7) is 0. The Hall–Kier alpha value is -4.63. The number of hydrogen-bond acceptors (Lipinski definition) is 6. The number of halogens is 8. The number of nitrogens with zero attached hydrogens (tertiary/aromatic N) is 1. The van der Waals surface area contributed by atoms with Crippen molar-refractivity contribution in [2.75, 3.05) is 19.4 Å². The van der Waals surface area contributed by atoms with E-state index in [1.807, 2.05) is 5.32 Å². The van der Waals surface area contributed by atoms with Crippen molar-refractivity contribution in [2.24, 2.45) is 0 Å². The first kappa shape index (κ1) is 24.7. The molecule has 39 heavy (non-hydrogen) atoms. The molecule has 0 aliphatic rings. The van der Waals surface area contributed by atoms with E-state index in [1.54, 1.807) is 0 Å². The van der Waals surface area contributed by atoms with Gasteiger partial charge in [-0.25, -0.2) is 9.37 Å². The van der Waals surface area contributed by atoms with Crippen LogP contribution in [0.25, 0.3) is 0 Å². The molecule has 3 aromatic rings. The topological polar surface area (TPSA) is 98.8 Å². The third kappa shape index (κ3) is 6.63. The van der Waals surface area contributed by atoms with Crippen molar-refractivity contribution < 1.29 is 63.0 Å². The first-order valence-corrected chi connectivity index (χ1v) is 10.1. The van der Waals surface area contributed by atoms with E-state index in [9.17, 15) is 40.3 Å². The van der Waals surface area contributed by atoms with Gasteiger partial charge in [0, 0.05) is 7.05 Å². The van der Waals surface area contributed by atoms with Crippen LogP contribution in [0.1, 0.15) is 30.5 Å². The van der Waals surface area contributed by atoms with Gasteiger partial charge in [0.05, 0.1) is 28.6 Å². The number of rotatable bonds is 7. The SMILES string of the molecule is [2H]C([2H])([2H])Oc1c(Oc2ccc(C(F)(F)F)c(F)c2C(=O)Nc2ccc(C(=O)NC)nc2)ccc(OC(F)(F)F)c1F. The highest BCUT2D eigenvalue weighted by Crippen LogP contribution is 2.42. The van der Waals surface area contributed by atoms with Crippen LogP contribution in [0.3, 0.4) is 0 Å². The van der Waals surface area contributed by atoms with E-state index >= 15 is 4.39 Å². The molecule has 0 saturated carbocycles. The second kappa shape index (κ2) is 11.0. The van der Waals surface area contributed by atoms with Crippen LogP contribution in [0, 0.1) is 11.6 Å². The molecule has 2 amide bonds. The Balaban J connectivity index is 2.12. The molecule has 0 aliphatic carbocycles. The number of ether oxygens (including phenoxy) is 3. The predicted octanol–water partition coefficient (Wildman–Crippen LogP) is 5.69. The minimum absolute atomic E-state index is 0.119. The number of amides is 2. The summed E-state index contributed by atoms with van der Waals surface area (Å²) in [6.07, 6.45) is -9.85. The number of alkyl halides is 6. The van der Waals surface area contributed by atoms with Crippen molar-refractivity contribution >= 4 is 17.5 Å². The number of anilines is 1. The summed E-state index contributed by atoms with van der Waals surface area (Å²) in [5, 5.41) is 4.29. The maximum atomic E-state index is 15.1. The van der Waals surface area contributed by atoms with Crippen molar-refractivity contribution in [2.45, 2.75) is 12.5 Å². The van der Waals surface area contributed by atoms with Crippen LogP contribution in [0.4, 0.5) is 40.8 Å². The van der Waals surface area contributed by atoms with Gasteiger partial charge in [-0.2, -0.15) is 17.6 Å². The number of methoxy groups -OCH3 is 1. The van der Waals surface area contributed by atoms with Crippen LogP contribution in [0.15, 0.2) is 42.6 Å². The normalized spacial score (nSPS) is 13.0. The van der Waals surface area contributed by atoms with Gasteiger partial charge in [-0.1, -0.05) is 0 Å². The molecule has 2 aromatic carbocycles. The molecule has 0 aliphatic heterocycles. The molecule has 0 spiro atoms. The summed E-state index contributed by atoms with van der Waals surface area (Å²) >= 11 is 0. The van der Waals surface area contributed by atoms with E-state index < -0.39 is 77.2 Å². The summed E-state index contributed by atoms with van der Waals surface area (Å²) in [4.78, 5) is 28.3. The zero-order valence-electron chi connectivity index (χ0n) is 22.1. The number of benzene rings is 2. The molecule has 0 atom stereocenters. The average molecular weight is 568 g/mol. The molecule has 0 saturated heterocycles. The summed E-state index contributed by atoms with van der Waals surface area (Å²) in [5.74, 6) is -11.7. The molecular formula is C23H15F8N3O5. The smallest absolute Gasteiger partial charge is 0.490 e. The number of pyridine rings is 1. The lowest BCUT2D eigenvalue weighted by atomic mass is 10.1. The number of hydrogen-bond donors (Lipinski definition) is 2. The Morgan fingerprint density at radius 1 is 0.897 bits per heavy atom. The first-order chi connectivity index (χ1) is 19.3. The third-order valence-electron chi connectivity index (χ3n) is 4.69. The molecule has 3 rings (SSSR count). The van der Waals surface area contributed by atoms with Gasteiger partial charge in [0.1, 0.15) is 17.0 Å².